The number of benzene rings is 1. The molecular weight excluding hydrogens is 480 g/mol. The van der Waals surface area contributed by atoms with Crippen molar-refractivity contribution >= 4 is 51.7 Å². The number of hydrogen-bond donors (Lipinski definition) is 3. The van der Waals surface area contributed by atoms with Crippen LogP contribution in [0.2, 0.25) is 0 Å². The molecule has 1 heterocycles. The summed E-state index contributed by atoms with van der Waals surface area (Å²) in [6.45, 7) is 4.87. The van der Waals surface area contributed by atoms with Crippen molar-refractivity contribution in [3.63, 3.8) is 0 Å². The van der Waals surface area contributed by atoms with E-state index in [1.807, 2.05) is 26.0 Å². The summed E-state index contributed by atoms with van der Waals surface area (Å²) in [5.74, 6) is 1.28. The van der Waals surface area contributed by atoms with E-state index < -0.39 is 0 Å². The molecule has 1 aromatic carbocycles. The van der Waals surface area contributed by atoms with Gasteiger partial charge in [0.05, 0.1) is 10.4 Å². The van der Waals surface area contributed by atoms with Crippen molar-refractivity contribution in [3.05, 3.63) is 40.5 Å². The number of carbonyl (C=O) groups excluding carboxylic acids is 1. The van der Waals surface area contributed by atoms with Crippen molar-refractivity contribution in [1.82, 2.24) is 20.2 Å². The fourth-order valence-corrected chi connectivity index (χ4v) is 4.04. The third-order valence-corrected chi connectivity index (χ3v) is 5.64. The molecule has 3 N–H and O–H groups in total. The molecule has 0 saturated heterocycles. The van der Waals surface area contributed by atoms with Crippen LogP contribution in [0.1, 0.15) is 38.7 Å². The summed E-state index contributed by atoms with van der Waals surface area (Å²) in [7, 11) is 4.11. The van der Waals surface area contributed by atoms with Gasteiger partial charge in [-0.1, -0.05) is 18.6 Å². The van der Waals surface area contributed by atoms with Crippen molar-refractivity contribution < 1.29 is 4.79 Å². The maximum atomic E-state index is 12.5. The van der Waals surface area contributed by atoms with Gasteiger partial charge >= 0.3 is 0 Å². The Labute approximate surface area is 199 Å². The van der Waals surface area contributed by atoms with Gasteiger partial charge in [0, 0.05) is 30.5 Å². The van der Waals surface area contributed by atoms with E-state index in [4.69, 9.17) is 0 Å². The van der Waals surface area contributed by atoms with Crippen LogP contribution >= 0.6 is 28.3 Å². The Morgan fingerprint density at radius 3 is 2.58 bits per heavy atom. The summed E-state index contributed by atoms with van der Waals surface area (Å²) in [6.07, 6.45) is 4.60. The van der Waals surface area contributed by atoms with Gasteiger partial charge in [0.15, 0.2) is 0 Å². The molecule has 3 rings (SSSR count). The molecule has 2 aromatic rings. The van der Waals surface area contributed by atoms with E-state index in [1.54, 1.807) is 6.20 Å². The first-order valence-corrected chi connectivity index (χ1v) is 11.2. The molecule has 170 valence electrons. The summed E-state index contributed by atoms with van der Waals surface area (Å²) < 4.78 is 0.782. The third-order valence-electron chi connectivity index (χ3n) is 5.06. The largest absolute Gasteiger partial charge is 0.365 e. The minimum Gasteiger partial charge on any atom is -0.365 e. The first kappa shape index (κ1) is 25.4. The van der Waals surface area contributed by atoms with Gasteiger partial charge in [-0.3, -0.25) is 4.79 Å². The molecule has 1 aromatic heterocycles. The van der Waals surface area contributed by atoms with Crippen molar-refractivity contribution in [2.75, 3.05) is 24.7 Å². The first-order valence-electron chi connectivity index (χ1n) is 10.4. The van der Waals surface area contributed by atoms with Crippen molar-refractivity contribution in [2.24, 2.45) is 5.92 Å². The van der Waals surface area contributed by atoms with E-state index >= 15 is 0 Å². The molecule has 1 amide bonds. The van der Waals surface area contributed by atoms with Crippen LogP contribution in [0, 0.1) is 5.92 Å². The SMILES string of the molecule is CC(C)NC(=O)[C@H]1CCC[C@H]1Nc1nc(Nc2ccc(CN(C)C)cc2)ncc1Br.Cl. The second kappa shape index (κ2) is 11.6. The van der Waals surface area contributed by atoms with E-state index in [0.29, 0.717) is 11.8 Å². The van der Waals surface area contributed by atoms with Crippen LogP contribution < -0.4 is 16.0 Å². The smallest absolute Gasteiger partial charge is 0.229 e. The van der Waals surface area contributed by atoms with Gasteiger partial charge in [-0.2, -0.15) is 4.98 Å². The van der Waals surface area contributed by atoms with Crippen LogP contribution in [-0.2, 0) is 11.3 Å². The maximum absolute atomic E-state index is 12.5. The van der Waals surface area contributed by atoms with E-state index in [0.717, 1.165) is 36.0 Å². The second-order valence-electron chi connectivity index (χ2n) is 8.40. The topological polar surface area (TPSA) is 82.2 Å². The van der Waals surface area contributed by atoms with Crippen LogP contribution in [0.3, 0.4) is 0 Å². The number of nitrogens with zero attached hydrogens (tertiary/aromatic N) is 3. The highest BCUT2D eigenvalue weighted by molar-refractivity contribution is 9.10. The number of carbonyl (C=O) groups is 1. The number of aromatic nitrogens is 2. The van der Waals surface area contributed by atoms with Crippen LogP contribution in [0.25, 0.3) is 0 Å². The molecule has 2 atom stereocenters. The molecular formula is C22H32BrClN6O. The molecule has 0 radical (unpaired) electrons. The van der Waals surface area contributed by atoms with Gasteiger partial charge in [0.2, 0.25) is 11.9 Å². The molecule has 0 aliphatic heterocycles. The predicted octanol–water partition coefficient (Wildman–Crippen LogP) is 4.57. The van der Waals surface area contributed by atoms with Crippen molar-refractivity contribution in [3.8, 4) is 0 Å². The van der Waals surface area contributed by atoms with Crippen LogP contribution in [-0.4, -0.2) is 47.0 Å². The highest BCUT2D eigenvalue weighted by atomic mass is 79.9. The maximum Gasteiger partial charge on any atom is 0.229 e. The van der Waals surface area contributed by atoms with E-state index in [2.05, 4.69) is 73.0 Å². The van der Waals surface area contributed by atoms with E-state index in [1.165, 1.54) is 5.56 Å². The summed E-state index contributed by atoms with van der Waals surface area (Å²) in [5.41, 5.74) is 2.18. The fourth-order valence-electron chi connectivity index (χ4n) is 3.73. The minimum atomic E-state index is -0.0464. The lowest BCUT2D eigenvalue weighted by atomic mass is 10.0. The first-order chi connectivity index (χ1) is 14.3. The summed E-state index contributed by atoms with van der Waals surface area (Å²) in [6, 6.07) is 8.45. The van der Waals surface area contributed by atoms with Gasteiger partial charge < -0.3 is 20.9 Å². The quantitative estimate of drug-likeness (QED) is 0.482. The number of rotatable bonds is 8. The number of amides is 1. The molecule has 1 aliphatic carbocycles. The van der Waals surface area contributed by atoms with Gasteiger partial charge in [-0.05, 0) is 74.4 Å². The Balaban J connectivity index is 0.00000341. The lowest BCUT2D eigenvalue weighted by Crippen LogP contribution is -2.41. The lowest BCUT2D eigenvalue weighted by molar-refractivity contribution is -0.125. The predicted molar refractivity (Wildman–Crippen MR) is 132 cm³/mol. The fraction of sp³-hybridized carbons (Fsp3) is 0.500. The minimum absolute atomic E-state index is 0. The van der Waals surface area contributed by atoms with Crippen LogP contribution in [0.15, 0.2) is 34.9 Å². The highest BCUT2D eigenvalue weighted by Crippen LogP contribution is 2.31. The van der Waals surface area contributed by atoms with Gasteiger partial charge in [-0.25, -0.2) is 4.98 Å². The molecule has 0 spiro atoms. The lowest BCUT2D eigenvalue weighted by Gasteiger charge is -2.22. The molecule has 1 aliphatic rings. The van der Waals surface area contributed by atoms with Gasteiger partial charge in [0.1, 0.15) is 5.82 Å². The van der Waals surface area contributed by atoms with Crippen LogP contribution in [0.5, 0.6) is 0 Å². The number of nitrogens with one attached hydrogen (secondary N) is 3. The summed E-state index contributed by atoms with van der Waals surface area (Å²) in [5, 5.41) is 9.76. The number of halogens is 2. The van der Waals surface area contributed by atoms with E-state index in [-0.39, 0.29) is 36.3 Å². The standard InChI is InChI=1S/C22H31BrN6O.ClH/c1-14(2)25-21(30)17-6-5-7-19(17)27-20-18(23)12-24-22(28-20)26-16-10-8-15(9-11-16)13-29(3)4;/h8-12,14,17,19H,5-7,13H2,1-4H3,(H,25,30)(H2,24,26,27,28);1H/t17-,19+;/m0./s1. The second-order valence-corrected chi connectivity index (χ2v) is 9.26. The molecule has 0 bridgehead atoms. The zero-order valence-corrected chi connectivity index (χ0v) is 20.9. The Kier molecular flexibility index (Phi) is 9.53. The highest BCUT2D eigenvalue weighted by Gasteiger charge is 2.33. The molecule has 1 fully saturated rings. The van der Waals surface area contributed by atoms with Crippen molar-refractivity contribution in [2.45, 2.75) is 51.7 Å². The number of hydrogen-bond acceptors (Lipinski definition) is 6. The monoisotopic (exact) mass is 510 g/mol. The van der Waals surface area contributed by atoms with E-state index in [9.17, 15) is 4.79 Å². The normalized spacial score (nSPS) is 18.0. The van der Waals surface area contributed by atoms with Crippen molar-refractivity contribution in [1.29, 1.82) is 0 Å². The Morgan fingerprint density at radius 2 is 1.94 bits per heavy atom. The van der Waals surface area contributed by atoms with Gasteiger partial charge in [-0.15, -0.1) is 12.4 Å². The Hall–Kier alpha value is -1.90. The molecule has 0 unspecified atom stereocenters. The van der Waals surface area contributed by atoms with Gasteiger partial charge in [0.25, 0.3) is 0 Å². The zero-order chi connectivity index (χ0) is 21.7. The Bertz CT molecular complexity index is 862. The van der Waals surface area contributed by atoms with Crippen LogP contribution in [0.4, 0.5) is 17.5 Å². The molecule has 7 nitrogen and oxygen atoms in total. The average molecular weight is 512 g/mol. The average Bonchev–Trinajstić information content (AvgIpc) is 3.13. The third kappa shape index (κ3) is 7.33. The molecule has 1 saturated carbocycles. The number of anilines is 3. The Morgan fingerprint density at radius 1 is 1.23 bits per heavy atom. The molecule has 9 heteroatoms. The molecule has 31 heavy (non-hydrogen) atoms. The summed E-state index contributed by atoms with van der Waals surface area (Å²) >= 11 is 3.53. The zero-order valence-electron chi connectivity index (χ0n) is 18.5. The summed E-state index contributed by atoms with van der Waals surface area (Å²) in [4.78, 5) is 23.7.